The van der Waals surface area contributed by atoms with Gasteiger partial charge in [-0.2, -0.15) is 13.2 Å². The van der Waals surface area contributed by atoms with Crippen molar-refractivity contribution in [2.45, 2.75) is 25.6 Å². The number of carboxylic acid groups (broad SMARTS) is 1. The second-order valence-corrected chi connectivity index (χ2v) is 5.79. The van der Waals surface area contributed by atoms with Gasteiger partial charge in [0.25, 0.3) is 0 Å². The standard InChI is InChI=1S/C16H18F3NO4/c1-10(7-11-3-2-4-12(8-11)16(17,18)19)14(21)20-5-6-24-13(9-20)15(22)23/h2-4,8,10,13H,5-7,9H2,1H3,(H,22,23)/t10-,13+/m0/s1. The van der Waals surface area contributed by atoms with E-state index in [1.807, 2.05) is 0 Å². The van der Waals surface area contributed by atoms with Gasteiger partial charge in [0.05, 0.1) is 18.7 Å². The molecule has 1 heterocycles. The smallest absolute Gasteiger partial charge is 0.416 e. The van der Waals surface area contributed by atoms with E-state index in [-0.39, 0.29) is 32.0 Å². The molecular formula is C16H18F3NO4. The molecule has 1 aliphatic rings. The summed E-state index contributed by atoms with van der Waals surface area (Å²) >= 11 is 0. The summed E-state index contributed by atoms with van der Waals surface area (Å²) in [6.45, 7) is 1.96. The van der Waals surface area contributed by atoms with Gasteiger partial charge in [0.2, 0.25) is 5.91 Å². The van der Waals surface area contributed by atoms with E-state index in [0.717, 1.165) is 12.1 Å². The number of benzene rings is 1. The largest absolute Gasteiger partial charge is 0.479 e. The highest BCUT2D eigenvalue weighted by atomic mass is 19.4. The first kappa shape index (κ1) is 18.3. The molecule has 1 aliphatic heterocycles. The Morgan fingerprint density at radius 3 is 2.75 bits per heavy atom. The average molecular weight is 345 g/mol. The van der Waals surface area contributed by atoms with Crippen LogP contribution in [0.5, 0.6) is 0 Å². The highest BCUT2D eigenvalue weighted by Crippen LogP contribution is 2.30. The monoisotopic (exact) mass is 345 g/mol. The number of hydrogen-bond donors (Lipinski definition) is 1. The minimum atomic E-state index is -4.43. The molecule has 1 aromatic carbocycles. The van der Waals surface area contributed by atoms with Crippen LogP contribution in [0.15, 0.2) is 24.3 Å². The Hall–Kier alpha value is -2.09. The molecule has 0 spiro atoms. The van der Waals surface area contributed by atoms with Crippen molar-refractivity contribution in [3.63, 3.8) is 0 Å². The maximum atomic E-state index is 12.7. The number of ether oxygens (including phenoxy) is 1. The number of carbonyl (C=O) groups excluding carboxylic acids is 1. The lowest BCUT2D eigenvalue weighted by Gasteiger charge is -2.32. The SMILES string of the molecule is C[C@@H](Cc1cccc(C(F)(F)F)c1)C(=O)N1CCO[C@@H](C(=O)O)C1. The lowest BCUT2D eigenvalue weighted by molar-refractivity contribution is -0.160. The van der Waals surface area contributed by atoms with Crippen molar-refractivity contribution in [3.8, 4) is 0 Å². The number of hydrogen-bond acceptors (Lipinski definition) is 3. The van der Waals surface area contributed by atoms with Gasteiger partial charge in [0.1, 0.15) is 0 Å². The molecule has 0 bridgehead atoms. The van der Waals surface area contributed by atoms with Gasteiger partial charge >= 0.3 is 12.1 Å². The Kier molecular flexibility index (Phi) is 5.48. The molecule has 0 unspecified atom stereocenters. The first-order chi connectivity index (χ1) is 11.2. The second-order valence-electron chi connectivity index (χ2n) is 5.79. The van der Waals surface area contributed by atoms with Crippen LogP contribution in [0, 0.1) is 5.92 Å². The number of carbonyl (C=O) groups is 2. The summed E-state index contributed by atoms with van der Waals surface area (Å²) in [5, 5.41) is 8.95. The lowest BCUT2D eigenvalue weighted by Crippen LogP contribution is -2.50. The van der Waals surface area contributed by atoms with Crippen LogP contribution >= 0.6 is 0 Å². The van der Waals surface area contributed by atoms with Crippen LogP contribution in [0.2, 0.25) is 0 Å². The molecule has 0 radical (unpaired) electrons. The zero-order chi connectivity index (χ0) is 17.9. The van der Waals surface area contributed by atoms with E-state index in [1.54, 1.807) is 13.0 Å². The van der Waals surface area contributed by atoms with Crippen LogP contribution in [0.1, 0.15) is 18.1 Å². The molecule has 8 heteroatoms. The van der Waals surface area contributed by atoms with E-state index in [9.17, 15) is 22.8 Å². The number of carboxylic acids is 1. The Morgan fingerprint density at radius 1 is 1.42 bits per heavy atom. The maximum absolute atomic E-state index is 12.7. The highest BCUT2D eigenvalue weighted by molar-refractivity contribution is 5.80. The molecule has 1 fully saturated rings. The molecule has 1 N–H and O–H groups in total. The number of aliphatic carboxylic acids is 1. The first-order valence-electron chi connectivity index (χ1n) is 7.48. The number of rotatable bonds is 4. The lowest BCUT2D eigenvalue weighted by atomic mass is 9.98. The third-order valence-electron chi connectivity index (χ3n) is 3.87. The maximum Gasteiger partial charge on any atom is 0.416 e. The van der Waals surface area contributed by atoms with Crippen LogP contribution in [-0.2, 0) is 26.9 Å². The fourth-order valence-corrected chi connectivity index (χ4v) is 2.63. The van der Waals surface area contributed by atoms with Gasteiger partial charge in [-0.05, 0) is 18.1 Å². The van der Waals surface area contributed by atoms with Crippen molar-refractivity contribution in [1.82, 2.24) is 4.90 Å². The molecule has 2 rings (SSSR count). The van der Waals surface area contributed by atoms with Crippen molar-refractivity contribution < 1.29 is 32.6 Å². The van der Waals surface area contributed by atoms with E-state index in [1.165, 1.54) is 11.0 Å². The molecule has 24 heavy (non-hydrogen) atoms. The van der Waals surface area contributed by atoms with Crippen molar-refractivity contribution in [2.24, 2.45) is 5.92 Å². The fourth-order valence-electron chi connectivity index (χ4n) is 2.63. The Labute approximate surface area is 137 Å². The van der Waals surface area contributed by atoms with Crippen LogP contribution < -0.4 is 0 Å². The van der Waals surface area contributed by atoms with E-state index in [4.69, 9.17) is 9.84 Å². The summed E-state index contributed by atoms with van der Waals surface area (Å²) in [6.07, 6.45) is -5.34. The molecule has 132 valence electrons. The van der Waals surface area contributed by atoms with Crippen molar-refractivity contribution in [3.05, 3.63) is 35.4 Å². The van der Waals surface area contributed by atoms with Gasteiger partial charge in [0.15, 0.2) is 6.10 Å². The summed E-state index contributed by atoms with van der Waals surface area (Å²) in [6, 6.07) is 4.86. The minimum Gasteiger partial charge on any atom is -0.479 e. The Morgan fingerprint density at radius 2 is 2.12 bits per heavy atom. The van der Waals surface area contributed by atoms with E-state index >= 15 is 0 Å². The van der Waals surface area contributed by atoms with E-state index in [2.05, 4.69) is 0 Å². The Balaban J connectivity index is 2.02. The number of alkyl halides is 3. The molecule has 0 aromatic heterocycles. The minimum absolute atomic E-state index is 0.0545. The molecule has 2 atom stereocenters. The van der Waals surface area contributed by atoms with Crippen molar-refractivity contribution >= 4 is 11.9 Å². The van der Waals surface area contributed by atoms with Crippen molar-refractivity contribution in [2.75, 3.05) is 19.7 Å². The van der Waals surface area contributed by atoms with Gasteiger partial charge in [-0.15, -0.1) is 0 Å². The number of morpholine rings is 1. The summed E-state index contributed by atoms with van der Waals surface area (Å²) < 4.78 is 43.2. The number of nitrogens with zero attached hydrogens (tertiary/aromatic N) is 1. The fraction of sp³-hybridized carbons (Fsp3) is 0.500. The normalized spacial score (nSPS) is 19.8. The van der Waals surface area contributed by atoms with E-state index in [0.29, 0.717) is 5.56 Å². The van der Waals surface area contributed by atoms with Gasteiger partial charge in [-0.25, -0.2) is 4.79 Å². The zero-order valence-corrected chi connectivity index (χ0v) is 13.0. The van der Waals surface area contributed by atoms with Crippen molar-refractivity contribution in [1.29, 1.82) is 0 Å². The van der Waals surface area contributed by atoms with Crippen LogP contribution in [-0.4, -0.2) is 47.7 Å². The Bertz CT molecular complexity index is 618. The molecule has 0 aliphatic carbocycles. The molecule has 1 aromatic rings. The van der Waals surface area contributed by atoms with Crippen LogP contribution in [0.25, 0.3) is 0 Å². The quantitative estimate of drug-likeness (QED) is 0.908. The topological polar surface area (TPSA) is 66.8 Å². The highest BCUT2D eigenvalue weighted by Gasteiger charge is 2.32. The van der Waals surface area contributed by atoms with Gasteiger partial charge in [0, 0.05) is 12.5 Å². The van der Waals surface area contributed by atoms with Crippen LogP contribution in [0.4, 0.5) is 13.2 Å². The third-order valence-corrected chi connectivity index (χ3v) is 3.87. The predicted octanol–water partition coefficient (Wildman–Crippen LogP) is 2.20. The van der Waals surface area contributed by atoms with E-state index < -0.39 is 29.7 Å². The molecule has 5 nitrogen and oxygen atoms in total. The number of halogens is 3. The predicted molar refractivity (Wildman–Crippen MR) is 78.3 cm³/mol. The number of amides is 1. The summed E-state index contributed by atoms with van der Waals surface area (Å²) in [7, 11) is 0. The van der Waals surface area contributed by atoms with Crippen LogP contribution in [0.3, 0.4) is 0 Å². The van der Waals surface area contributed by atoms with Gasteiger partial charge in [-0.3, -0.25) is 4.79 Å². The second kappa shape index (κ2) is 7.21. The van der Waals surface area contributed by atoms with Gasteiger partial charge < -0.3 is 14.7 Å². The molecule has 0 saturated carbocycles. The first-order valence-corrected chi connectivity index (χ1v) is 7.48. The van der Waals surface area contributed by atoms with Gasteiger partial charge in [-0.1, -0.05) is 25.1 Å². The summed E-state index contributed by atoms with van der Waals surface area (Å²) in [5.74, 6) is -1.99. The summed E-state index contributed by atoms with van der Waals surface area (Å²) in [5.41, 5.74) is -0.342. The average Bonchev–Trinajstić information content (AvgIpc) is 2.53. The third kappa shape index (κ3) is 4.47. The molecule has 1 amide bonds. The summed E-state index contributed by atoms with van der Waals surface area (Å²) in [4.78, 5) is 24.7. The molecular weight excluding hydrogens is 327 g/mol. The molecule has 1 saturated heterocycles. The zero-order valence-electron chi connectivity index (χ0n) is 13.0.